The fourth-order valence-corrected chi connectivity index (χ4v) is 5.54. The van der Waals surface area contributed by atoms with E-state index in [0.717, 1.165) is 44.2 Å². The Morgan fingerprint density at radius 3 is 2.44 bits per heavy atom. The number of hydrogen-bond acceptors (Lipinski definition) is 9. The Hall–Kier alpha value is -2.51. The normalized spacial score (nSPS) is 18.6. The van der Waals surface area contributed by atoms with Gasteiger partial charge in [-0.1, -0.05) is 5.16 Å². The topological polar surface area (TPSA) is 117 Å². The molecule has 11 nitrogen and oxygen atoms in total. The maximum absolute atomic E-state index is 13.0. The van der Waals surface area contributed by atoms with Crippen LogP contribution in [-0.2, 0) is 26.1 Å². The summed E-state index contributed by atoms with van der Waals surface area (Å²) in [6.07, 6.45) is 0. The van der Waals surface area contributed by atoms with Gasteiger partial charge in [-0.2, -0.15) is 4.31 Å². The second-order valence-electron chi connectivity index (χ2n) is 8.41. The van der Waals surface area contributed by atoms with Crippen LogP contribution in [0.4, 0.5) is 5.69 Å². The number of ether oxygens (including phenoxy) is 2. The minimum atomic E-state index is -3.68. The van der Waals surface area contributed by atoms with Crippen molar-refractivity contribution in [3.63, 3.8) is 0 Å². The Morgan fingerprint density at radius 1 is 1.09 bits per heavy atom. The lowest BCUT2D eigenvalue weighted by atomic mass is 10.2. The van der Waals surface area contributed by atoms with Gasteiger partial charge in [0, 0.05) is 51.9 Å². The third-order valence-corrected chi connectivity index (χ3v) is 7.84. The largest absolute Gasteiger partial charge is 0.495 e. The second-order valence-corrected chi connectivity index (χ2v) is 10.3. The van der Waals surface area contributed by atoms with Crippen molar-refractivity contribution in [1.29, 1.82) is 0 Å². The molecule has 4 rings (SSSR count). The number of benzene rings is 1. The number of sulfonamides is 1. The van der Waals surface area contributed by atoms with Crippen molar-refractivity contribution < 1.29 is 27.2 Å². The Labute approximate surface area is 199 Å². The van der Waals surface area contributed by atoms with Gasteiger partial charge in [-0.15, -0.1) is 0 Å². The van der Waals surface area contributed by atoms with Crippen molar-refractivity contribution in [3.8, 4) is 5.75 Å². The lowest BCUT2D eigenvalue weighted by Crippen LogP contribution is -2.48. The number of morpholine rings is 1. The number of aromatic nitrogens is 1. The minimum Gasteiger partial charge on any atom is -0.495 e. The fourth-order valence-electron chi connectivity index (χ4n) is 4.10. The van der Waals surface area contributed by atoms with Crippen LogP contribution >= 0.6 is 0 Å². The summed E-state index contributed by atoms with van der Waals surface area (Å²) < 4.78 is 43.1. The molecule has 0 bridgehead atoms. The number of aryl methyl sites for hydroxylation is 1. The molecule has 2 aromatic rings. The molecule has 0 unspecified atom stereocenters. The van der Waals surface area contributed by atoms with Crippen LogP contribution in [0.3, 0.4) is 0 Å². The van der Waals surface area contributed by atoms with Crippen LogP contribution in [0.2, 0.25) is 0 Å². The van der Waals surface area contributed by atoms with Crippen molar-refractivity contribution in [2.24, 2.45) is 0 Å². The monoisotopic (exact) mass is 493 g/mol. The number of methoxy groups -OCH3 is 1. The number of nitrogens with zero attached hydrogens (tertiary/aromatic N) is 4. The lowest BCUT2D eigenvalue weighted by molar-refractivity contribution is -0.117. The van der Waals surface area contributed by atoms with Crippen molar-refractivity contribution in [3.05, 3.63) is 35.7 Å². The molecule has 1 aromatic carbocycles. The highest BCUT2D eigenvalue weighted by molar-refractivity contribution is 7.89. The number of hydrogen-bond donors (Lipinski definition) is 1. The van der Waals surface area contributed by atoms with Gasteiger partial charge < -0.3 is 19.3 Å². The van der Waals surface area contributed by atoms with Gasteiger partial charge in [-0.3, -0.25) is 14.6 Å². The molecule has 12 heteroatoms. The molecule has 0 radical (unpaired) electrons. The summed E-state index contributed by atoms with van der Waals surface area (Å²) in [6.45, 7) is 7.26. The van der Waals surface area contributed by atoms with Crippen LogP contribution in [0.5, 0.6) is 5.75 Å². The molecule has 34 heavy (non-hydrogen) atoms. The summed E-state index contributed by atoms with van der Waals surface area (Å²) in [6, 6.07) is 6.45. The second kappa shape index (κ2) is 10.8. The molecule has 2 fully saturated rings. The number of piperazine rings is 1. The van der Waals surface area contributed by atoms with E-state index < -0.39 is 10.0 Å². The molecular weight excluding hydrogens is 462 g/mol. The Morgan fingerprint density at radius 2 is 1.79 bits per heavy atom. The summed E-state index contributed by atoms with van der Waals surface area (Å²) in [5.74, 6) is 0.976. The van der Waals surface area contributed by atoms with Crippen LogP contribution in [0.15, 0.2) is 33.7 Å². The number of carbonyl (C=O) groups excluding carboxylic acids is 1. The van der Waals surface area contributed by atoms with Gasteiger partial charge in [-0.05, 0) is 25.1 Å². The summed E-state index contributed by atoms with van der Waals surface area (Å²) in [4.78, 5) is 17.2. The van der Waals surface area contributed by atoms with E-state index in [0.29, 0.717) is 37.7 Å². The van der Waals surface area contributed by atoms with Crippen molar-refractivity contribution in [2.45, 2.75) is 18.4 Å². The van der Waals surface area contributed by atoms with E-state index in [1.54, 1.807) is 6.07 Å². The van der Waals surface area contributed by atoms with Crippen LogP contribution in [0.25, 0.3) is 0 Å². The van der Waals surface area contributed by atoms with E-state index in [9.17, 15) is 13.2 Å². The van der Waals surface area contributed by atoms with Crippen molar-refractivity contribution >= 4 is 21.6 Å². The SMILES string of the molecule is COc1ccc(S(=O)(=O)N2CCOCC2)cc1NC(=O)CN1CCN(Cc2cc(C)on2)CC1. The van der Waals surface area contributed by atoms with E-state index in [-0.39, 0.29) is 17.3 Å². The first-order valence-corrected chi connectivity index (χ1v) is 12.7. The fraction of sp³-hybridized carbons (Fsp3) is 0.545. The molecule has 2 saturated heterocycles. The van der Waals surface area contributed by atoms with Crippen molar-refractivity contribution in [1.82, 2.24) is 19.3 Å². The van der Waals surface area contributed by atoms with Gasteiger partial charge in [0.1, 0.15) is 11.5 Å². The average Bonchev–Trinajstić information content (AvgIpc) is 3.25. The summed E-state index contributed by atoms with van der Waals surface area (Å²) in [5, 5.41) is 6.86. The molecule has 0 saturated carbocycles. The van der Waals surface area contributed by atoms with E-state index >= 15 is 0 Å². The number of carbonyl (C=O) groups is 1. The zero-order valence-corrected chi connectivity index (χ0v) is 20.3. The van der Waals surface area contributed by atoms with Gasteiger partial charge in [0.25, 0.3) is 0 Å². The maximum atomic E-state index is 13.0. The minimum absolute atomic E-state index is 0.113. The molecule has 1 aromatic heterocycles. The zero-order valence-electron chi connectivity index (χ0n) is 19.5. The number of anilines is 1. The van der Waals surface area contributed by atoms with E-state index in [1.165, 1.54) is 23.5 Å². The van der Waals surface area contributed by atoms with Gasteiger partial charge in [0.15, 0.2) is 0 Å². The number of rotatable bonds is 8. The molecule has 3 heterocycles. The predicted octanol–water partition coefficient (Wildman–Crippen LogP) is 0.769. The summed E-state index contributed by atoms with van der Waals surface area (Å²) in [5.41, 5.74) is 1.24. The van der Waals surface area contributed by atoms with Gasteiger partial charge >= 0.3 is 0 Å². The van der Waals surface area contributed by atoms with Crippen LogP contribution in [0, 0.1) is 6.92 Å². The van der Waals surface area contributed by atoms with Crippen LogP contribution in [-0.4, -0.2) is 99.7 Å². The van der Waals surface area contributed by atoms with Gasteiger partial charge in [0.05, 0.1) is 43.1 Å². The summed E-state index contributed by atoms with van der Waals surface area (Å²) in [7, 11) is -2.20. The molecule has 2 aliphatic heterocycles. The summed E-state index contributed by atoms with van der Waals surface area (Å²) >= 11 is 0. The quantitative estimate of drug-likeness (QED) is 0.569. The van der Waals surface area contributed by atoms with Crippen LogP contribution in [0.1, 0.15) is 11.5 Å². The first-order valence-electron chi connectivity index (χ1n) is 11.3. The Kier molecular flexibility index (Phi) is 7.84. The lowest BCUT2D eigenvalue weighted by Gasteiger charge is -2.33. The predicted molar refractivity (Wildman–Crippen MR) is 124 cm³/mol. The number of nitrogens with one attached hydrogen (secondary N) is 1. The zero-order chi connectivity index (χ0) is 24.1. The van der Waals surface area contributed by atoms with Crippen LogP contribution < -0.4 is 10.1 Å². The molecule has 0 aliphatic carbocycles. The Bertz CT molecular complexity index is 1090. The Balaban J connectivity index is 1.34. The highest BCUT2D eigenvalue weighted by Gasteiger charge is 2.27. The maximum Gasteiger partial charge on any atom is 0.243 e. The molecule has 1 amide bonds. The van der Waals surface area contributed by atoms with Gasteiger partial charge in [0.2, 0.25) is 15.9 Å². The number of amides is 1. The van der Waals surface area contributed by atoms with Crippen molar-refractivity contribution in [2.75, 3.05) is 71.5 Å². The van der Waals surface area contributed by atoms with E-state index in [1.807, 2.05) is 13.0 Å². The highest BCUT2D eigenvalue weighted by Crippen LogP contribution is 2.29. The van der Waals surface area contributed by atoms with Gasteiger partial charge in [-0.25, -0.2) is 8.42 Å². The molecule has 2 aliphatic rings. The first-order chi connectivity index (χ1) is 16.3. The third-order valence-electron chi connectivity index (χ3n) is 5.95. The molecular formula is C22H31N5O6S. The first kappa shape index (κ1) is 24.6. The highest BCUT2D eigenvalue weighted by atomic mass is 32.2. The standard InChI is InChI=1S/C22H31N5O6S/c1-17-13-18(24-33-17)15-25-5-7-26(8-6-25)16-22(28)23-20-14-19(3-4-21(20)31-2)34(29,30)27-9-11-32-12-10-27/h3-4,13-14H,5-12,15-16H2,1-2H3,(H,23,28). The van der Waals surface area contributed by atoms with E-state index in [4.69, 9.17) is 14.0 Å². The molecule has 0 spiro atoms. The molecule has 186 valence electrons. The average molecular weight is 494 g/mol. The molecule has 0 atom stereocenters. The third kappa shape index (κ3) is 5.94. The smallest absolute Gasteiger partial charge is 0.243 e. The molecule has 1 N–H and O–H groups in total. The van der Waals surface area contributed by atoms with E-state index in [2.05, 4.69) is 20.3 Å².